The molecule has 0 spiro atoms. The summed E-state index contributed by atoms with van der Waals surface area (Å²) in [5, 5.41) is 15.0. The predicted octanol–water partition coefficient (Wildman–Crippen LogP) is 3.78. The van der Waals surface area contributed by atoms with Gasteiger partial charge >= 0.3 is 5.97 Å². The number of benzene rings is 1. The van der Waals surface area contributed by atoms with Crippen molar-refractivity contribution in [1.29, 1.82) is 0 Å². The Morgan fingerprint density at radius 2 is 2.00 bits per heavy atom. The molecule has 1 saturated heterocycles. The summed E-state index contributed by atoms with van der Waals surface area (Å²) in [5.41, 5.74) is 2.05. The molecule has 1 fully saturated rings. The van der Waals surface area contributed by atoms with Crippen molar-refractivity contribution in [3.63, 3.8) is 0 Å². The normalized spacial score (nSPS) is 19.9. The molecule has 1 aromatic carbocycles. The van der Waals surface area contributed by atoms with E-state index in [0.717, 1.165) is 21.5 Å². The molecule has 2 atom stereocenters. The molecule has 1 aliphatic heterocycles. The third-order valence-electron chi connectivity index (χ3n) is 5.49. The molecular formula is C21H23N3O3S. The number of thiophene rings is 1. The fourth-order valence-corrected chi connectivity index (χ4v) is 4.93. The van der Waals surface area contributed by atoms with E-state index in [1.54, 1.807) is 4.90 Å². The van der Waals surface area contributed by atoms with E-state index in [1.807, 2.05) is 42.8 Å². The Morgan fingerprint density at radius 1 is 1.25 bits per heavy atom. The lowest BCUT2D eigenvalue weighted by molar-refractivity contribution is -0.143. The summed E-state index contributed by atoms with van der Waals surface area (Å²) in [7, 11) is 0. The van der Waals surface area contributed by atoms with E-state index in [2.05, 4.69) is 17.2 Å². The first-order chi connectivity index (χ1) is 13.4. The number of fused-ring (bicyclic) bond motifs is 1. The number of carbonyl (C=O) groups is 2. The fourth-order valence-electron chi connectivity index (χ4n) is 3.81. The maximum Gasteiger partial charge on any atom is 0.308 e. The molecule has 0 saturated carbocycles. The van der Waals surface area contributed by atoms with Gasteiger partial charge in [0.2, 0.25) is 0 Å². The number of carboxylic acid groups (broad SMARTS) is 1. The standard InChI is InChI=1S/C21H23N3O3S/c1-13-8-9-16(21(26)27)12-23(13)19(25)18-10-17-14(2)22-24(20(17)28-18)11-15-6-4-3-5-7-15/h3-7,10,13,16H,8-9,11-12H2,1-2H3,(H,26,27). The molecule has 1 amide bonds. The van der Waals surface area contributed by atoms with Crippen LogP contribution in [0.25, 0.3) is 10.2 Å². The number of aromatic nitrogens is 2. The van der Waals surface area contributed by atoms with Crippen molar-refractivity contribution in [3.8, 4) is 0 Å². The topological polar surface area (TPSA) is 75.4 Å². The number of nitrogens with zero attached hydrogens (tertiary/aromatic N) is 3. The van der Waals surface area contributed by atoms with Crippen molar-refractivity contribution >= 4 is 33.4 Å². The van der Waals surface area contributed by atoms with Crippen LogP contribution in [0, 0.1) is 12.8 Å². The second kappa shape index (κ2) is 7.39. The van der Waals surface area contributed by atoms with Gasteiger partial charge in [0.25, 0.3) is 5.91 Å². The smallest absolute Gasteiger partial charge is 0.308 e. The zero-order valence-corrected chi connectivity index (χ0v) is 16.8. The van der Waals surface area contributed by atoms with Crippen molar-refractivity contribution in [3.05, 3.63) is 52.5 Å². The molecular weight excluding hydrogens is 374 g/mol. The van der Waals surface area contributed by atoms with Gasteiger partial charge in [-0.3, -0.25) is 14.3 Å². The van der Waals surface area contributed by atoms with Crippen molar-refractivity contribution in [2.45, 2.75) is 39.3 Å². The average molecular weight is 398 g/mol. The van der Waals surface area contributed by atoms with Crippen LogP contribution in [0.4, 0.5) is 0 Å². The van der Waals surface area contributed by atoms with Crippen LogP contribution in [0.2, 0.25) is 0 Å². The van der Waals surface area contributed by atoms with Crippen LogP contribution in [0.15, 0.2) is 36.4 Å². The second-order valence-corrected chi connectivity index (χ2v) is 8.51. The molecule has 0 bridgehead atoms. The lowest BCUT2D eigenvalue weighted by atomic mass is 9.93. The van der Waals surface area contributed by atoms with Crippen LogP contribution in [-0.4, -0.2) is 44.3 Å². The highest BCUT2D eigenvalue weighted by Crippen LogP contribution is 2.32. The number of carboxylic acids is 1. The van der Waals surface area contributed by atoms with Crippen LogP contribution >= 0.6 is 11.3 Å². The minimum absolute atomic E-state index is 0.0511. The monoisotopic (exact) mass is 397 g/mol. The summed E-state index contributed by atoms with van der Waals surface area (Å²) in [6.45, 7) is 4.87. The molecule has 3 heterocycles. The SMILES string of the molecule is Cc1nn(Cc2ccccc2)c2sc(C(=O)N3CC(C(=O)O)CCC3C)cc12. The van der Waals surface area contributed by atoms with Gasteiger partial charge in [-0.25, -0.2) is 0 Å². The number of carbonyl (C=O) groups excluding carboxylic acids is 1. The van der Waals surface area contributed by atoms with Gasteiger partial charge in [-0.2, -0.15) is 5.10 Å². The average Bonchev–Trinajstić information content (AvgIpc) is 3.24. The van der Waals surface area contributed by atoms with E-state index in [4.69, 9.17) is 0 Å². The number of hydrogen-bond donors (Lipinski definition) is 1. The summed E-state index contributed by atoms with van der Waals surface area (Å²) in [6.07, 6.45) is 1.34. The fraction of sp³-hybridized carbons (Fsp3) is 0.381. The van der Waals surface area contributed by atoms with Crippen LogP contribution in [0.3, 0.4) is 0 Å². The lowest BCUT2D eigenvalue weighted by Gasteiger charge is -2.36. The molecule has 3 aromatic rings. The zero-order valence-electron chi connectivity index (χ0n) is 16.0. The Morgan fingerprint density at radius 3 is 2.71 bits per heavy atom. The molecule has 4 rings (SSSR count). The van der Waals surface area contributed by atoms with Gasteiger partial charge in [-0.1, -0.05) is 30.3 Å². The number of rotatable bonds is 4. The van der Waals surface area contributed by atoms with Crippen molar-refractivity contribution in [2.75, 3.05) is 6.54 Å². The number of piperidine rings is 1. The van der Waals surface area contributed by atoms with Gasteiger partial charge in [0.1, 0.15) is 4.83 Å². The quantitative estimate of drug-likeness (QED) is 0.727. The Labute approximate surface area is 167 Å². The Kier molecular flexibility index (Phi) is 4.93. The van der Waals surface area contributed by atoms with Crippen LogP contribution in [0.1, 0.15) is 40.7 Å². The van der Waals surface area contributed by atoms with Gasteiger partial charge in [-0.05, 0) is 38.3 Å². The molecule has 0 aliphatic carbocycles. The molecule has 146 valence electrons. The molecule has 0 radical (unpaired) electrons. The Balaban J connectivity index is 1.63. The maximum atomic E-state index is 13.1. The highest BCUT2D eigenvalue weighted by molar-refractivity contribution is 7.20. The summed E-state index contributed by atoms with van der Waals surface area (Å²) < 4.78 is 1.95. The lowest BCUT2D eigenvalue weighted by Crippen LogP contribution is -2.47. The van der Waals surface area contributed by atoms with Gasteiger partial charge in [0.15, 0.2) is 0 Å². The molecule has 6 nitrogen and oxygen atoms in total. The largest absolute Gasteiger partial charge is 0.481 e. The number of aliphatic carboxylic acids is 1. The predicted molar refractivity (Wildman–Crippen MR) is 109 cm³/mol. The Hall–Kier alpha value is -2.67. The Bertz CT molecular complexity index is 1020. The number of amides is 1. The van der Waals surface area contributed by atoms with E-state index in [9.17, 15) is 14.7 Å². The van der Waals surface area contributed by atoms with Crippen molar-refractivity contribution < 1.29 is 14.7 Å². The molecule has 2 aromatic heterocycles. The highest BCUT2D eigenvalue weighted by Gasteiger charge is 2.33. The number of likely N-dealkylation sites (tertiary alicyclic amines) is 1. The number of aryl methyl sites for hydroxylation is 1. The minimum Gasteiger partial charge on any atom is -0.481 e. The first kappa shape index (κ1) is 18.7. The molecule has 28 heavy (non-hydrogen) atoms. The van der Waals surface area contributed by atoms with E-state index in [1.165, 1.54) is 11.3 Å². The van der Waals surface area contributed by atoms with Crippen LogP contribution in [0.5, 0.6) is 0 Å². The summed E-state index contributed by atoms with van der Waals surface area (Å²) >= 11 is 1.44. The molecule has 7 heteroatoms. The van der Waals surface area contributed by atoms with Crippen molar-refractivity contribution in [2.24, 2.45) is 5.92 Å². The van der Waals surface area contributed by atoms with E-state index >= 15 is 0 Å². The first-order valence-electron chi connectivity index (χ1n) is 9.48. The van der Waals surface area contributed by atoms with Gasteiger partial charge in [0.05, 0.1) is 23.0 Å². The second-order valence-electron chi connectivity index (χ2n) is 7.48. The van der Waals surface area contributed by atoms with Gasteiger partial charge in [0, 0.05) is 18.0 Å². The van der Waals surface area contributed by atoms with Crippen LogP contribution < -0.4 is 0 Å². The minimum atomic E-state index is -0.824. The van der Waals surface area contributed by atoms with E-state index in [-0.39, 0.29) is 18.5 Å². The summed E-state index contributed by atoms with van der Waals surface area (Å²) in [4.78, 5) is 27.9. The van der Waals surface area contributed by atoms with Crippen LogP contribution in [-0.2, 0) is 11.3 Å². The van der Waals surface area contributed by atoms with Gasteiger partial charge in [-0.15, -0.1) is 11.3 Å². The summed E-state index contributed by atoms with van der Waals surface area (Å²) in [5.74, 6) is -1.38. The van der Waals surface area contributed by atoms with E-state index in [0.29, 0.717) is 24.3 Å². The molecule has 1 aliphatic rings. The van der Waals surface area contributed by atoms with Gasteiger partial charge < -0.3 is 10.0 Å². The summed E-state index contributed by atoms with van der Waals surface area (Å²) in [6, 6.07) is 12.1. The number of hydrogen-bond acceptors (Lipinski definition) is 4. The maximum absolute atomic E-state index is 13.1. The molecule has 1 N–H and O–H groups in total. The molecule has 2 unspecified atom stereocenters. The van der Waals surface area contributed by atoms with E-state index < -0.39 is 11.9 Å². The zero-order chi connectivity index (χ0) is 19.8. The third-order valence-corrected chi connectivity index (χ3v) is 6.62. The first-order valence-corrected chi connectivity index (χ1v) is 10.3. The third kappa shape index (κ3) is 3.42. The highest BCUT2D eigenvalue weighted by atomic mass is 32.1. The van der Waals surface area contributed by atoms with Crippen molar-refractivity contribution in [1.82, 2.24) is 14.7 Å².